The van der Waals surface area contributed by atoms with Crippen LogP contribution in [-0.4, -0.2) is 12.5 Å². The number of anilines is 1. The molecule has 0 spiro atoms. The first-order chi connectivity index (χ1) is 14.5. The molecule has 0 atom stereocenters. The zero-order chi connectivity index (χ0) is 21.3. The first kappa shape index (κ1) is 20.2. The van der Waals surface area contributed by atoms with Crippen LogP contribution in [0.1, 0.15) is 49.1 Å². The Morgan fingerprint density at radius 1 is 1.27 bits per heavy atom. The van der Waals surface area contributed by atoms with Gasteiger partial charge in [0.05, 0.1) is 12.3 Å². The third-order valence-electron chi connectivity index (χ3n) is 5.62. The fraction of sp³-hybridized carbons (Fsp3) is 0.320. The fourth-order valence-electron chi connectivity index (χ4n) is 4.17. The van der Waals surface area contributed by atoms with Gasteiger partial charge in [0.15, 0.2) is 0 Å². The number of carbonyl (C=O) groups is 1. The van der Waals surface area contributed by atoms with Crippen LogP contribution in [0, 0.1) is 12.7 Å². The van der Waals surface area contributed by atoms with Gasteiger partial charge >= 0.3 is 0 Å². The van der Waals surface area contributed by atoms with Gasteiger partial charge in [-0.15, -0.1) is 0 Å². The minimum atomic E-state index is -0.464. The number of hydrogen-bond donors (Lipinski definition) is 1. The molecule has 4 nitrogen and oxygen atoms in total. The van der Waals surface area contributed by atoms with Crippen LogP contribution < -0.4 is 10.1 Å². The monoisotopic (exact) mass is 407 g/mol. The lowest BCUT2D eigenvalue weighted by molar-refractivity contribution is -0.111. The van der Waals surface area contributed by atoms with Gasteiger partial charge in [0.1, 0.15) is 22.9 Å². The number of rotatable bonds is 5. The highest BCUT2D eigenvalue weighted by Crippen LogP contribution is 2.41. The maximum atomic E-state index is 13.9. The van der Waals surface area contributed by atoms with E-state index in [1.807, 2.05) is 20.8 Å². The zero-order valence-electron chi connectivity index (χ0n) is 17.6. The number of carbonyl (C=O) groups excluding carboxylic acids is 1. The Labute approximate surface area is 175 Å². The lowest BCUT2D eigenvalue weighted by Crippen LogP contribution is -2.10. The van der Waals surface area contributed by atoms with E-state index in [0.29, 0.717) is 6.61 Å². The van der Waals surface area contributed by atoms with E-state index >= 15 is 0 Å². The lowest BCUT2D eigenvalue weighted by Gasteiger charge is -2.15. The summed E-state index contributed by atoms with van der Waals surface area (Å²) in [6, 6.07) is 8.20. The van der Waals surface area contributed by atoms with Gasteiger partial charge in [-0.05, 0) is 63.8 Å². The first-order valence-corrected chi connectivity index (χ1v) is 10.4. The van der Waals surface area contributed by atoms with Crippen LogP contribution in [0.15, 0.2) is 40.8 Å². The summed E-state index contributed by atoms with van der Waals surface area (Å²) >= 11 is 0. The second-order valence-electron chi connectivity index (χ2n) is 7.70. The van der Waals surface area contributed by atoms with Gasteiger partial charge in [0, 0.05) is 34.6 Å². The van der Waals surface area contributed by atoms with E-state index in [4.69, 9.17) is 9.15 Å². The van der Waals surface area contributed by atoms with Crippen LogP contribution in [0.4, 0.5) is 10.1 Å². The summed E-state index contributed by atoms with van der Waals surface area (Å²) in [5, 5.41) is 3.71. The molecule has 0 radical (unpaired) electrons. The molecule has 0 saturated carbocycles. The molecule has 4 rings (SSSR count). The van der Waals surface area contributed by atoms with Crippen LogP contribution in [0.5, 0.6) is 5.75 Å². The normalized spacial score (nSPS) is 13.9. The summed E-state index contributed by atoms with van der Waals surface area (Å²) < 4.78 is 26.0. The van der Waals surface area contributed by atoms with Gasteiger partial charge in [-0.1, -0.05) is 12.1 Å². The van der Waals surface area contributed by atoms with E-state index in [2.05, 4.69) is 11.4 Å². The summed E-state index contributed by atoms with van der Waals surface area (Å²) in [4.78, 5) is 12.5. The molecular weight excluding hydrogens is 381 g/mol. The number of fused-ring (bicyclic) bond motifs is 3. The highest BCUT2D eigenvalue weighted by Gasteiger charge is 2.23. The largest absolute Gasteiger partial charge is 0.493 e. The third-order valence-corrected chi connectivity index (χ3v) is 5.62. The average Bonchev–Trinajstić information content (AvgIpc) is 3.10. The number of aryl methyl sites for hydroxylation is 3. The highest BCUT2D eigenvalue weighted by molar-refractivity contribution is 6.05. The number of hydrogen-bond acceptors (Lipinski definition) is 3. The molecule has 1 aromatic heterocycles. The summed E-state index contributed by atoms with van der Waals surface area (Å²) in [7, 11) is 0. The minimum absolute atomic E-state index is 0.159. The number of halogens is 1. The van der Waals surface area contributed by atoms with Gasteiger partial charge in [-0.2, -0.15) is 0 Å². The molecule has 1 amide bonds. The van der Waals surface area contributed by atoms with E-state index in [9.17, 15) is 9.18 Å². The summed E-state index contributed by atoms with van der Waals surface area (Å²) in [6.45, 7) is 6.31. The molecule has 2 aromatic carbocycles. The number of ether oxygens (including phenoxy) is 1. The SMILES string of the molecule is CCOc1c(/C(C)=C/C(=O)Nc2ccccc2F)cc2c3c(oc2c1C)CCCC3. The van der Waals surface area contributed by atoms with Crippen LogP contribution in [0.25, 0.3) is 16.5 Å². The second kappa shape index (κ2) is 8.34. The lowest BCUT2D eigenvalue weighted by atomic mass is 9.93. The van der Waals surface area contributed by atoms with Crippen LogP contribution >= 0.6 is 0 Å². The molecular formula is C25H26FNO3. The Bertz CT molecular complexity index is 1140. The molecule has 1 aliphatic rings. The number of allylic oxidation sites excluding steroid dienone is 1. The third kappa shape index (κ3) is 3.72. The molecule has 1 N–H and O–H groups in total. The molecule has 5 heteroatoms. The standard InChI is InChI=1S/C25H26FNO3/c1-4-29-24-16(3)25-19(17-9-5-8-12-22(17)30-25)14-18(24)15(2)13-23(28)27-21-11-7-6-10-20(21)26/h6-7,10-11,13-14H,4-5,8-9,12H2,1-3H3,(H,27,28)/b15-13+. The number of nitrogens with one attached hydrogen (secondary N) is 1. The smallest absolute Gasteiger partial charge is 0.248 e. The molecule has 156 valence electrons. The molecule has 1 heterocycles. The van der Waals surface area contributed by atoms with E-state index in [1.165, 1.54) is 23.8 Å². The quantitative estimate of drug-likeness (QED) is 0.512. The molecule has 0 unspecified atom stereocenters. The van der Waals surface area contributed by atoms with Crippen molar-refractivity contribution in [2.24, 2.45) is 0 Å². The molecule has 30 heavy (non-hydrogen) atoms. The molecule has 0 fully saturated rings. The van der Waals surface area contributed by atoms with Gasteiger partial charge in [0.25, 0.3) is 0 Å². The highest BCUT2D eigenvalue weighted by atomic mass is 19.1. The van der Waals surface area contributed by atoms with Gasteiger partial charge in [-0.3, -0.25) is 4.79 Å². The van der Waals surface area contributed by atoms with Gasteiger partial charge in [-0.25, -0.2) is 4.39 Å². The van der Waals surface area contributed by atoms with E-state index in [-0.39, 0.29) is 11.6 Å². The van der Waals surface area contributed by atoms with Crippen LogP contribution in [-0.2, 0) is 17.6 Å². The topological polar surface area (TPSA) is 51.5 Å². The van der Waals surface area contributed by atoms with Crippen molar-refractivity contribution in [1.82, 2.24) is 0 Å². The number of amides is 1. The Morgan fingerprint density at radius 2 is 2.03 bits per heavy atom. The first-order valence-electron chi connectivity index (χ1n) is 10.4. The minimum Gasteiger partial charge on any atom is -0.493 e. The van der Waals surface area contributed by atoms with Crippen molar-refractivity contribution in [3.8, 4) is 5.75 Å². The van der Waals surface area contributed by atoms with Crippen molar-refractivity contribution in [1.29, 1.82) is 0 Å². The van der Waals surface area contributed by atoms with Crippen molar-refractivity contribution in [2.75, 3.05) is 11.9 Å². The molecule has 1 aliphatic carbocycles. The summed E-state index contributed by atoms with van der Waals surface area (Å²) in [6.07, 6.45) is 5.76. The zero-order valence-corrected chi connectivity index (χ0v) is 17.6. The summed E-state index contributed by atoms with van der Waals surface area (Å²) in [5.74, 6) is 0.947. The summed E-state index contributed by atoms with van der Waals surface area (Å²) in [5.41, 5.74) is 4.86. The molecule has 0 aliphatic heterocycles. The van der Waals surface area contributed by atoms with E-state index < -0.39 is 5.82 Å². The van der Waals surface area contributed by atoms with Crippen molar-refractivity contribution >= 4 is 28.1 Å². The molecule has 3 aromatic rings. The predicted octanol–water partition coefficient (Wildman–Crippen LogP) is 6.20. The fourth-order valence-corrected chi connectivity index (χ4v) is 4.17. The average molecular weight is 407 g/mol. The molecule has 0 bridgehead atoms. The van der Waals surface area contributed by atoms with E-state index in [1.54, 1.807) is 12.1 Å². The number of benzene rings is 2. The maximum absolute atomic E-state index is 13.9. The Morgan fingerprint density at radius 3 is 2.80 bits per heavy atom. The van der Waals surface area contributed by atoms with Crippen LogP contribution in [0.3, 0.4) is 0 Å². The van der Waals surface area contributed by atoms with Crippen molar-refractivity contribution in [2.45, 2.75) is 46.5 Å². The molecule has 0 saturated heterocycles. The number of para-hydroxylation sites is 1. The Hall–Kier alpha value is -3.08. The Balaban J connectivity index is 1.76. The number of furan rings is 1. The maximum Gasteiger partial charge on any atom is 0.248 e. The van der Waals surface area contributed by atoms with Crippen molar-refractivity contribution < 1.29 is 18.3 Å². The van der Waals surface area contributed by atoms with Crippen molar-refractivity contribution in [3.63, 3.8) is 0 Å². The second-order valence-corrected chi connectivity index (χ2v) is 7.70. The van der Waals surface area contributed by atoms with Gasteiger partial charge < -0.3 is 14.5 Å². The van der Waals surface area contributed by atoms with E-state index in [0.717, 1.165) is 64.9 Å². The Kier molecular flexibility index (Phi) is 5.62. The van der Waals surface area contributed by atoms with Crippen LogP contribution in [0.2, 0.25) is 0 Å². The predicted molar refractivity (Wildman–Crippen MR) is 117 cm³/mol. The van der Waals surface area contributed by atoms with Gasteiger partial charge in [0.2, 0.25) is 5.91 Å². The van der Waals surface area contributed by atoms with Crippen molar-refractivity contribution in [3.05, 3.63) is 64.7 Å².